The number of carbonyl (C=O) groups is 1. The van der Waals surface area contributed by atoms with E-state index in [1.54, 1.807) is 32.4 Å². The second-order valence-corrected chi connectivity index (χ2v) is 4.47. The number of pyridine rings is 1. The van der Waals surface area contributed by atoms with E-state index in [2.05, 4.69) is 10.3 Å². The van der Waals surface area contributed by atoms with Crippen LogP contribution in [0.4, 0.5) is 5.69 Å². The maximum atomic E-state index is 12.1. The van der Waals surface area contributed by atoms with Gasteiger partial charge >= 0.3 is 0 Å². The van der Waals surface area contributed by atoms with Crippen LogP contribution in [0.15, 0.2) is 18.3 Å². The lowest BCUT2D eigenvalue weighted by atomic mass is 10.0. The Balaban J connectivity index is 2.59. The number of aromatic nitrogens is 1. The van der Waals surface area contributed by atoms with Crippen molar-refractivity contribution >= 4 is 11.6 Å². The molecule has 0 aliphatic rings. The highest BCUT2D eigenvalue weighted by Gasteiger charge is 2.30. The Morgan fingerprint density at radius 1 is 1.35 bits per heavy atom. The van der Waals surface area contributed by atoms with Crippen LogP contribution < -0.4 is 10.1 Å². The molecule has 0 aliphatic carbocycles. The molecule has 0 saturated heterocycles. The van der Waals surface area contributed by atoms with Crippen molar-refractivity contribution in [1.29, 1.82) is 0 Å². The average molecular weight is 282 g/mol. The Morgan fingerprint density at radius 2 is 2.10 bits per heavy atom. The number of anilines is 1. The zero-order chi connectivity index (χ0) is 15.0. The molecule has 1 amide bonds. The number of ether oxygens (including phenoxy) is 3. The van der Waals surface area contributed by atoms with Gasteiger partial charge in [0.2, 0.25) is 5.88 Å². The fourth-order valence-electron chi connectivity index (χ4n) is 1.43. The standard InChI is InChI=1S/C14H22N2O4/c1-5-14(2,19-4)13(17)16-11-6-7-12(15-10-11)20-9-8-18-3/h6-7,10H,5,8-9H2,1-4H3,(H,16,17)/t14-/m1/s1. The van der Waals surface area contributed by atoms with Gasteiger partial charge in [-0.2, -0.15) is 0 Å². The number of rotatable bonds is 8. The van der Waals surface area contributed by atoms with Gasteiger partial charge in [0.1, 0.15) is 12.2 Å². The first-order valence-corrected chi connectivity index (χ1v) is 6.50. The molecule has 6 heteroatoms. The smallest absolute Gasteiger partial charge is 0.256 e. The average Bonchev–Trinajstić information content (AvgIpc) is 2.48. The number of nitrogens with zero attached hydrogens (tertiary/aromatic N) is 1. The van der Waals surface area contributed by atoms with E-state index in [0.717, 1.165) is 0 Å². The number of hydrogen-bond acceptors (Lipinski definition) is 5. The van der Waals surface area contributed by atoms with Gasteiger partial charge in [-0.1, -0.05) is 6.92 Å². The molecule has 0 bridgehead atoms. The molecule has 0 aromatic carbocycles. The Kier molecular flexibility index (Phi) is 6.41. The summed E-state index contributed by atoms with van der Waals surface area (Å²) in [7, 11) is 3.13. The van der Waals surface area contributed by atoms with Crippen molar-refractivity contribution < 1.29 is 19.0 Å². The zero-order valence-electron chi connectivity index (χ0n) is 12.4. The fraction of sp³-hybridized carbons (Fsp3) is 0.571. The summed E-state index contributed by atoms with van der Waals surface area (Å²) < 4.78 is 15.5. The maximum Gasteiger partial charge on any atom is 0.256 e. The summed E-state index contributed by atoms with van der Waals surface area (Å²) in [4.78, 5) is 16.2. The molecular formula is C14H22N2O4. The normalized spacial score (nSPS) is 13.6. The van der Waals surface area contributed by atoms with Crippen molar-refractivity contribution in [3.63, 3.8) is 0 Å². The van der Waals surface area contributed by atoms with Gasteiger partial charge in [0.05, 0.1) is 18.5 Å². The van der Waals surface area contributed by atoms with Gasteiger partial charge in [0, 0.05) is 20.3 Å². The Morgan fingerprint density at radius 3 is 2.60 bits per heavy atom. The van der Waals surface area contributed by atoms with Crippen molar-refractivity contribution in [3.05, 3.63) is 18.3 Å². The maximum absolute atomic E-state index is 12.1. The molecular weight excluding hydrogens is 260 g/mol. The lowest BCUT2D eigenvalue weighted by Crippen LogP contribution is -2.41. The third-order valence-electron chi connectivity index (χ3n) is 3.14. The molecule has 1 rings (SSSR count). The van der Waals surface area contributed by atoms with Gasteiger partial charge in [0.25, 0.3) is 5.91 Å². The van der Waals surface area contributed by atoms with Crippen molar-refractivity contribution in [2.24, 2.45) is 0 Å². The molecule has 1 aromatic heterocycles. The van der Waals surface area contributed by atoms with Crippen LogP contribution in [0.25, 0.3) is 0 Å². The quantitative estimate of drug-likeness (QED) is 0.737. The molecule has 0 spiro atoms. The molecule has 1 heterocycles. The minimum Gasteiger partial charge on any atom is -0.475 e. The number of carbonyl (C=O) groups excluding carboxylic acids is 1. The van der Waals surface area contributed by atoms with Gasteiger partial charge in [-0.3, -0.25) is 4.79 Å². The highest BCUT2D eigenvalue weighted by molar-refractivity contribution is 5.96. The first-order chi connectivity index (χ1) is 9.55. The van der Waals surface area contributed by atoms with E-state index in [1.807, 2.05) is 6.92 Å². The lowest BCUT2D eigenvalue weighted by Gasteiger charge is -2.25. The predicted molar refractivity (Wildman–Crippen MR) is 75.9 cm³/mol. The van der Waals surface area contributed by atoms with Crippen LogP contribution in [0, 0.1) is 0 Å². The molecule has 1 atom stereocenters. The molecule has 1 N–H and O–H groups in total. The Hall–Kier alpha value is -1.66. The molecule has 20 heavy (non-hydrogen) atoms. The van der Waals surface area contributed by atoms with Crippen molar-refractivity contribution in [2.75, 3.05) is 32.8 Å². The number of amides is 1. The second kappa shape index (κ2) is 7.81. The third kappa shape index (κ3) is 4.47. The molecule has 0 saturated carbocycles. The first kappa shape index (κ1) is 16.4. The summed E-state index contributed by atoms with van der Waals surface area (Å²) in [5.74, 6) is 0.294. The van der Waals surface area contributed by atoms with Gasteiger partial charge in [-0.05, 0) is 19.4 Å². The van der Waals surface area contributed by atoms with Gasteiger partial charge in [-0.15, -0.1) is 0 Å². The highest BCUT2D eigenvalue weighted by Crippen LogP contribution is 2.18. The van der Waals surface area contributed by atoms with Crippen LogP contribution in [0.2, 0.25) is 0 Å². The number of methoxy groups -OCH3 is 2. The molecule has 6 nitrogen and oxygen atoms in total. The number of hydrogen-bond donors (Lipinski definition) is 1. The summed E-state index contributed by atoms with van der Waals surface area (Å²) in [6.07, 6.45) is 2.13. The van der Waals surface area contributed by atoms with E-state index >= 15 is 0 Å². The molecule has 112 valence electrons. The summed E-state index contributed by atoms with van der Waals surface area (Å²) in [6, 6.07) is 3.43. The molecule has 1 aromatic rings. The summed E-state index contributed by atoms with van der Waals surface area (Å²) in [6.45, 7) is 4.59. The third-order valence-corrected chi connectivity index (χ3v) is 3.14. The van der Waals surface area contributed by atoms with Crippen LogP contribution in [0.5, 0.6) is 5.88 Å². The summed E-state index contributed by atoms with van der Waals surface area (Å²) in [5, 5.41) is 2.77. The van der Waals surface area contributed by atoms with Gasteiger partial charge in [0.15, 0.2) is 0 Å². The Bertz CT molecular complexity index is 416. The van der Waals surface area contributed by atoms with E-state index in [-0.39, 0.29) is 5.91 Å². The first-order valence-electron chi connectivity index (χ1n) is 6.50. The molecule has 0 radical (unpaired) electrons. The topological polar surface area (TPSA) is 69.7 Å². The number of nitrogens with one attached hydrogen (secondary N) is 1. The summed E-state index contributed by atoms with van der Waals surface area (Å²) in [5.41, 5.74) is -0.237. The zero-order valence-corrected chi connectivity index (χ0v) is 12.4. The molecule has 0 fully saturated rings. The van der Waals surface area contributed by atoms with E-state index < -0.39 is 5.60 Å². The highest BCUT2D eigenvalue weighted by atomic mass is 16.5. The van der Waals surface area contributed by atoms with E-state index in [0.29, 0.717) is 31.2 Å². The minimum atomic E-state index is -0.840. The van der Waals surface area contributed by atoms with Crippen LogP contribution in [0.3, 0.4) is 0 Å². The fourth-order valence-corrected chi connectivity index (χ4v) is 1.43. The molecule has 0 unspecified atom stereocenters. The van der Waals surface area contributed by atoms with Crippen molar-refractivity contribution in [3.8, 4) is 5.88 Å². The lowest BCUT2D eigenvalue weighted by molar-refractivity contribution is -0.136. The van der Waals surface area contributed by atoms with E-state index in [1.165, 1.54) is 7.11 Å². The van der Waals surface area contributed by atoms with E-state index in [4.69, 9.17) is 14.2 Å². The molecule has 0 aliphatic heterocycles. The van der Waals surface area contributed by atoms with Crippen LogP contribution >= 0.6 is 0 Å². The van der Waals surface area contributed by atoms with Crippen LogP contribution in [-0.2, 0) is 14.3 Å². The Labute approximate surface area is 119 Å². The SMILES string of the molecule is CC[C@@](C)(OC)C(=O)Nc1ccc(OCCOC)nc1. The van der Waals surface area contributed by atoms with Crippen molar-refractivity contribution in [1.82, 2.24) is 4.98 Å². The predicted octanol–water partition coefficient (Wildman–Crippen LogP) is 1.86. The van der Waals surface area contributed by atoms with Crippen molar-refractivity contribution in [2.45, 2.75) is 25.9 Å². The van der Waals surface area contributed by atoms with Gasteiger partial charge in [-0.25, -0.2) is 4.98 Å². The monoisotopic (exact) mass is 282 g/mol. The second-order valence-electron chi connectivity index (χ2n) is 4.47. The van der Waals surface area contributed by atoms with E-state index in [9.17, 15) is 4.79 Å². The van der Waals surface area contributed by atoms with Crippen LogP contribution in [0.1, 0.15) is 20.3 Å². The van der Waals surface area contributed by atoms with Gasteiger partial charge < -0.3 is 19.5 Å². The summed E-state index contributed by atoms with van der Waals surface area (Å²) >= 11 is 0. The largest absolute Gasteiger partial charge is 0.475 e. The minimum absolute atomic E-state index is 0.197. The van der Waals surface area contributed by atoms with Crippen LogP contribution in [-0.4, -0.2) is 43.9 Å².